The Morgan fingerprint density at radius 2 is 2.38 bits per heavy atom. The quantitative estimate of drug-likeness (QED) is 0.823. The Kier molecular flexibility index (Phi) is 5.14. The number of aromatic hydroxyl groups is 1. The topological polar surface area (TPSA) is 61.8 Å². The highest BCUT2D eigenvalue weighted by Gasteiger charge is 2.34. The number of carbonyl (C=O) groups excluding carboxylic acids is 1. The van der Waals surface area contributed by atoms with Gasteiger partial charge in [0.2, 0.25) is 0 Å². The van der Waals surface area contributed by atoms with Crippen LogP contribution >= 0.6 is 0 Å². The maximum atomic E-state index is 13.1. The summed E-state index contributed by atoms with van der Waals surface area (Å²) < 4.78 is 18.2. The van der Waals surface area contributed by atoms with E-state index in [1.165, 1.54) is 6.07 Å². The van der Waals surface area contributed by atoms with Crippen LogP contribution in [0.5, 0.6) is 5.75 Å². The van der Waals surface area contributed by atoms with E-state index in [-0.39, 0.29) is 17.8 Å². The fourth-order valence-electron chi connectivity index (χ4n) is 2.69. The molecular weight excluding hydrogens is 275 g/mol. The zero-order valence-electron chi connectivity index (χ0n) is 12.3. The van der Waals surface area contributed by atoms with Crippen LogP contribution in [0.3, 0.4) is 0 Å². The van der Waals surface area contributed by atoms with Crippen molar-refractivity contribution in [3.8, 4) is 5.75 Å². The van der Waals surface area contributed by atoms with E-state index >= 15 is 0 Å². The van der Waals surface area contributed by atoms with Gasteiger partial charge >= 0.3 is 5.97 Å². The number of hydrogen-bond donors (Lipinski definition) is 2. The summed E-state index contributed by atoms with van der Waals surface area (Å²) in [5.41, 5.74) is 0.604. The van der Waals surface area contributed by atoms with Crippen molar-refractivity contribution in [3.05, 3.63) is 29.6 Å². The first kappa shape index (κ1) is 15.7. The van der Waals surface area contributed by atoms with E-state index < -0.39 is 11.9 Å². The van der Waals surface area contributed by atoms with Crippen LogP contribution in [0.25, 0.3) is 0 Å². The van der Waals surface area contributed by atoms with Crippen molar-refractivity contribution in [3.63, 3.8) is 0 Å². The van der Waals surface area contributed by atoms with E-state index in [0.717, 1.165) is 12.6 Å². The summed E-state index contributed by atoms with van der Waals surface area (Å²) in [6, 6.07) is 3.35. The van der Waals surface area contributed by atoms with Gasteiger partial charge in [-0.3, -0.25) is 9.69 Å². The van der Waals surface area contributed by atoms with Gasteiger partial charge in [0.15, 0.2) is 0 Å². The molecule has 2 rings (SSSR count). The highest BCUT2D eigenvalue weighted by molar-refractivity contribution is 5.76. The van der Waals surface area contributed by atoms with E-state index in [4.69, 9.17) is 4.74 Å². The van der Waals surface area contributed by atoms with Crippen molar-refractivity contribution in [1.29, 1.82) is 0 Å². The molecule has 1 saturated heterocycles. The lowest BCUT2D eigenvalue weighted by molar-refractivity contribution is -0.151. The third kappa shape index (κ3) is 3.51. The summed E-state index contributed by atoms with van der Waals surface area (Å²) in [6.07, 6.45) is 0. The maximum Gasteiger partial charge on any atom is 0.324 e. The Morgan fingerprint density at radius 1 is 1.62 bits per heavy atom. The van der Waals surface area contributed by atoms with Crippen LogP contribution < -0.4 is 5.32 Å². The molecule has 5 nitrogen and oxygen atoms in total. The summed E-state index contributed by atoms with van der Waals surface area (Å²) in [7, 11) is 0. The van der Waals surface area contributed by atoms with Crippen LogP contribution in [0.2, 0.25) is 0 Å². The Labute approximate surface area is 123 Å². The van der Waals surface area contributed by atoms with Gasteiger partial charge in [-0.15, -0.1) is 0 Å². The molecular formula is C15H21FN2O3. The molecule has 1 fully saturated rings. The first-order chi connectivity index (χ1) is 10.0. The molecule has 0 bridgehead atoms. The first-order valence-electron chi connectivity index (χ1n) is 7.16. The minimum Gasteiger partial charge on any atom is -0.508 e. The number of rotatable bonds is 4. The molecule has 1 aromatic rings. The highest BCUT2D eigenvalue weighted by Crippen LogP contribution is 2.30. The van der Waals surface area contributed by atoms with Crippen LogP contribution in [0, 0.1) is 5.82 Å². The van der Waals surface area contributed by atoms with Gasteiger partial charge in [0.05, 0.1) is 6.61 Å². The van der Waals surface area contributed by atoms with E-state index in [0.29, 0.717) is 25.3 Å². The lowest BCUT2D eigenvalue weighted by Gasteiger charge is -2.38. The number of nitrogens with one attached hydrogen (secondary N) is 1. The standard InChI is InChI=1S/C15H21FN2O3/c1-3-21-15(20)13-9-17-6-7-18(13)10(2)12-5-4-11(16)8-14(12)19/h4-5,8,10,13,17,19H,3,6-7,9H2,1-2H3. The zero-order chi connectivity index (χ0) is 15.4. The molecule has 2 atom stereocenters. The number of halogens is 1. The monoisotopic (exact) mass is 296 g/mol. The van der Waals surface area contributed by atoms with Crippen molar-refractivity contribution in [2.24, 2.45) is 0 Å². The zero-order valence-corrected chi connectivity index (χ0v) is 12.3. The number of hydrogen-bond acceptors (Lipinski definition) is 5. The summed E-state index contributed by atoms with van der Waals surface area (Å²) in [5.74, 6) is -0.854. The molecule has 2 N–H and O–H groups in total. The van der Waals surface area contributed by atoms with Crippen molar-refractivity contribution < 1.29 is 19.0 Å². The second-order valence-corrected chi connectivity index (χ2v) is 5.09. The van der Waals surface area contributed by atoms with Crippen molar-refractivity contribution in [1.82, 2.24) is 10.2 Å². The molecule has 1 aliphatic rings. The molecule has 0 aromatic heterocycles. The summed E-state index contributed by atoms with van der Waals surface area (Å²) in [6.45, 7) is 5.91. The molecule has 21 heavy (non-hydrogen) atoms. The number of esters is 1. The largest absolute Gasteiger partial charge is 0.508 e. The second-order valence-electron chi connectivity index (χ2n) is 5.09. The molecule has 6 heteroatoms. The smallest absolute Gasteiger partial charge is 0.324 e. The lowest BCUT2D eigenvalue weighted by atomic mass is 10.0. The van der Waals surface area contributed by atoms with E-state index in [1.54, 1.807) is 13.0 Å². The number of phenols is 1. The fraction of sp³-hybridized carbons (Fsp3) is 0.533. The molecule has 0 saturated carbocycles. The summed E-state index contributed by atoms with van der Waals surface area (Å²) in [5, 5.41) is 13.1. The van der Waals surface area contributed by atoms with Gasteiger partial charge in [-0.25, -0.2) is 4.39 Å². The predicted octanol–water partition coefficient (Wildman–Crippen LogP) is 1.43. The minimum absolute atomic E-state index is 0.0939. The van der Waals surface area contributed by atoms with Gasteiger partial charge in [0, 0.05) is 37.3 Å². The van der Waals surface area contributed by atoms with Gasteiger partial charge in [0.1, 0.15) is 17.6 Å². The average molecular weight is 296 g/mol. The Balaban J connectivity index is 2.21. The first-order valence-corrected chi connectivity index (χ1v) is 7.16. The van der Waals surface area contributed by atoms with Crippen LogP contribution in [-0.4, -0.2) is 48.3 Å². The van der Waals surface area contributed by atoms with Gasteiger partial charge in [-0.2, -0.15) is 0 Å². The lowest BCUT2D eigenvalue weighted by Crippen LogP contribution is -2.55. The Hall–Kier alpha value is -1.66. The minimum atomic E-state index is -0.481. The van der Waals surface area contributed by atoms with Gasteiger partial charge in [-0.1, -0.05) is 6.07 Å². The van der Waals surface area contributed by atoms with Gasteiger partial charge < -0.3 is 15.2 Å². The number of benzene rings is 1. The van der Waals surface area contributed by atoms with E-state index in [9.17, 15) is 14.3 Å². The van der Waals surface area contributed by atoms with Crippen LogP contribution in [0.4, 0.5) is 4.39 Å². The van der Waals surface area contributed by atoms with Crippen molar-refractivity contribution in [2.45, 2.75) is 25.9 Å². The summed E-state index contributed by atoms with van der Waals surface area (Å²) in [4.78, 5) is 14.0. The van der Waals surface area contributed by atoms with Crippen molar-refractivity contribution >= 4 is 5.97 Å². The molecule has 1 aliphatic heterocycles. The van der Waals surface area contributed by atoms with Crippen LogP contribution in [0.15, 0.2) is 18.2 Å². The van der Waals surface area contributed by atoms with E-state index in [1.807, 2.05) is 11.8 Å². The molecule has 0 aliphatic carbocycles. The molecule has 1 aromatic carbocycles. The SMILES string of the molecule is CCOC(=O)C1CNCCN1C(C)c1ccc(F)cc1O. The molecule has 0 amide bonds. The summed E-state index contributed by atoms with van der Waals surface area (Å²) >= 11 is 0. The van der Waals surface area contributed by atoms with Gasteiger partial charge in [0.25, 0.3) is 0 Å². The van der Waals surface area contributed by atoms with Crippen LogP contribution in [-0.2, 0) is 9.53 Å². The number of phenolic OH excluding ortho intramolecular Hbond substituents is 1. The number of ether oxygens (including phenoxy) is 1. The number of piperazine rings is 1. The predicted molar refractivity (Wildman–Crippen MR) is 76.5 cm³/mol. The third-order valence-electron chi connectivity index (χ3n) is 3.78. The van der Waals surface area contributed by atoms with Crippen molar-refractivity contribution in [2.75, 3.05) is 26.2 Å². The van der Waals surface area contributed by atoms with Gasteiger partial charge in [-0.05, 0) is 19.9 Å². The number of nitrogens with zero attached hydrogens (tertiary/aromatic N) is 1. The maximum absolute atomic E-state index is 13.1. The average Bonchev–Trinajstić information content (AvgIpc) is 2.47. The highest BCUT2D eigenvalue weighted by atomic mass is 19.1. The van der Waals surface area contributed by atoms with E-state index in [2.05, 4.69) is 5.32 Å². The number of carbonyl (C=O) groups is 1. The molecule has 1 heterocycles. The molecule has 0 radical (unpaired) electrons. The Morgan fingerprint density at radius 3 is 3.05 bits per heavy atom. The Bertz CT molecular complexity index is 510. The van der Waals surface area contributed by atoms with Crippen LogP contribution in [0.1, 0.15) is 25.5 Å². The molecule has 0 spiro atoms. The third-order valence-corrected chi connectivity index (χ3v) is 3.78. The normalized spacial score (nSPS) is 21.0. The fourth-order valence-corrected chi connectivity index (χ4v) is 2.69. The molecule has 116 valence electrons. The second kappa shape index (κ2) is 6.87. The molecule has 2 unspecified atom stereocenters.